The van der Waals surface area contributed by atoms with E-state index < -0.39 is 5.82 Å². The third-order valence-corrected chi connectivity index (χ3v) is 5.05. The molecular formula is C20H15FN2O3S2. The number of ether oxygens (including phenoxy) is 2. The van der Waals surface area contributed by atoms with E-state index in [1.54, 1.807) is 36.4 Å². The first-order valence-corrected chi connectivity index (χ1v) is 9.56. The maximum atomic E-state index is 14.1. The molecule has 28 heavy (non-hydrogen) atoms. The summed E-state index contributed by atoms with van der Waals surface area (Å²) in [5.41, 5.74) is 0.824. The molecule has 1 saturated heterocycles. The lowest BCUT2D eigenvalue weighted by molar-refractivity contribution is -0.113. The van der Waals surface area contributed by atoms with Gasteiger partial charge >= 0.3 is 0 Å². The van der Waals surface area contributed by atoms with Crippen molar-refractivity contribution in [3.05, 3.63) is 58.8 Å². The SMILES string of the molecule is CCOc1cc(C=C2SC(=S)N(c3ccccc3F)C2=O)ccc1OCC#N. The van der Waals surface area contributed by atoms with E-state index >= 15 is 0 Å². The number of halogens is 1. The summed E-state index contributed by atoms with van der Waals surface area (Å²) in [6.45, 7) is 2.16. The normalized spacial score (nSPS) is 15.0. The number of nitrogens with zero attached hydrogens (tertiary/aromatic N) is 2. The highest BCUT2D eigenvalue weighted by Crippen LogP contribution is 2.38. The summed E-state index contributed by atoms with van der Waals surface area (Å²) in [5, 5.41) is 8.68. The van der Waals surface area contributed by atoms with Crippen LogP contribution in [0.4, 0.5) is 10.1 Å². The molecule has 1 amide bonds. The number of anilines is 1. The van der Waals surface area contributed by atoms with Crippen molar-refractivity contribution in [1.82, 2.24) is 0 Å². The molecule has 1 aliphatic heterocycles. The topological polar surface area (TPSA) is 62.6 Å². The van der Waals surface area contributed by atoms with Crippen LogP contribution in [0.15, 0.2) is 47.4 Å². The summed E-state index contributed by atoms with van der Waals surface area (Å²) >= 11 is 6.38. The fourth-order valence-electron chi connectivity index (χ4n) is 2.57. The molecule has 1 fully saturated rings. The number of carbonyl (C=O) groups excluding carboxylic acids is 1. The van der Waals surface area contributed by atoms with E-state index in [9.17, 15) is 9.18 Å². The summed E-state index contributed by atoms with van der Waals surface area (Å²) in [4.78, 5) is 14.3. The number of nitriles is 1. The van der Waals surface area contributed by atoms with Gasteiger partial charge in [0.05, 0.1) is 17.2 Å². The van der Waals surface area contributed by atoms with Crippen molar-refractivity contribution >= 4 is 46.0 Å². The molecule has 0 bridgehead atoms. The molecule has 0 spiro atoms. The fourth-order valence-corrected chi connectivity index (χ4v) is 3.86. The van der Waals surface area contributed by atoms with Crippen LogP contribution in [0, 0.1) is 17.1 Å². The first-order valence-electron chi connectivity index (χ1n) is 8.34. The second kappa shape index (κ2) is 8.87. The van der Waals surface area contributed by atoms with Gasteiger partial charge in [0.25, 0.3) is 5.91 Å². The number of thiocarbonyl (C=S) groups is 1. The van der Waals surface area contributed by atoms with Gasteiger partial charge in [-0.25, -0.2) is 4.39 Å². The van der Waals surface area contributed by atoms with Gasteiger partial charge in [0.2, 0.25) is 0 Å². The van der Waals surface area contributed by atoms with Gasteiger partial charge in [-0.1, -0.05) is 42.2 Å². The van der Waals surface area contributed by atoms with Crippen molar-refractivity contribution in [2.75, 3.05) is 18.1 Å². The number of rotatable bonds is 6. The highest BCUT2D eigenvalue weighted by atomic mass is 32.2. The average molecular weight is 414 g/mol. The monoisotopic (exact) mass is 414 g/mol. The predicted molar refractivity (Wildman–Crippen MR) is 111 cm³/mol. The van der Waals surface area contributed by atoms with Gasteiger partial charge < -0.3 is 9.47 Å². The molecule has 0 N–H and O–H groups in total. The largest absolute Gasteiger partial charge is 0.490 e. The average Bonchev–Trinajstić information content (AvgIpc) is 2.95. The molecule has 2 aromatic carbocycles. The molecular weight excluding hydrogens is 399 g/mol. The predicted octanol–water partition coefficient (Wildman–Crippen LogP) is 4.53. The van der Waals surface area contributed by atoms with E-state index in [4.69, 9.17) is 27.0 Å². The number of benzene rings is 2. The van der Waals surface area contributed by atoms with Crippen LogP contribution in [0.25, 0.3) is 6.08 Å². The molecule has 0 saturated carbocycles. The Kier molecular flexibility index (Phi) is 6.29. The molecule has 5 nitrogen and oxygen atoms in total. The van der Waals surface area contributed by atoms with Crippen molar-refractivity contribution in [1.29, 1.82) is 5.26 Å². The maximum Gasteiger partial charge on any atom is 0.270 e. The van der Waals surface area contributed by atoms with E-state index in [1.165, 1.54) is 17.0 Å². The van der Waals surface area contributed by atoms with Gasteiger partial charge in [-0.2, -0.15) is 5.26 Å². The molecule has 3 rings (SSSR count). The van der Waals surface area contributed by atoms with Gasteiger partial charge in [-0.15, -0.1) is 0 Å². The van der Waals surface area contributed by atoms with Gasteiger partial charge in [0.15, 0.2) is 22.4 Å². The zero-order chi connectivity index (χ0) is 20.1. The zero-order valence-electron chi connectivity index (χ0n) is 14.8. The molecule has 1 heterocycles. The van der Waals surface area contributed by atoms with Crippen LogP contribution in [0.3, 0.4) is 0 Å². The molecule has 0 atom stereocenters. The van der Waals surface area contributed by atoms with Crippen molar-refractivity contribution < 1.29 is 18.7 Å². The van der Waals surface area contributed by atoms with Crippen molar-refractivity contribution in [2.45, 2.75) is 6.92 Å². The van der Waals surface area contributed by atoms with Crippen LogP contribution < -0.4 is 14.4 Å². The standard InChI is InChI=1S/C20H15FN2O3S2/c1-2-25-17-11-13(7-8-16(17)26-10-9-22)12-18-19(24)23(20(27)28-18)15-6-4-3-5-14(15)21/h3-8,11-12H,2,10H2,1H3. The Morgan fingerprint density at radius 1 is 1.25 bits per heavy atom. The smallest absolute Gasteiger partial charge is 0.270 e. The van der Waals surface area contributed by atoms with Gasteiger partial charge in [-0.05, 0) is 42.8 Å². The lowest BCUT2D eigenvalue weighted by Crippen LogP contribution is -2.28. The van der Waals surface area contributed by atoms with Crippen molar-refractivity contribution in [3.63, 3.8) is 0 Å². The minimum atomic E-state index is -0.516. The highest BCUT2D eigenvalue weighted by molar-refractivity contribution is 8.27. The van der Waals surface area contributed by atoms with Crippen molar-refractivity contribution in [2.24, 2.45) is 0 Å². The molecule has 142 valence electrons. The van der Waals surface area contributed by atoms with Crippen LogP contribution in [0.1, 0.15) is 12.5 Å². The van der Waals surface area contributed by atoms with E-state index in [2.05, 4.69) is 0 Å². The van der Waals surface area contributed by atoms with E-state index in [1.807, 2.05) is 13.0 Å². The Morgan fingerprint density at radius 3 is 2.75 bits per heavy atom. The van der Waals surface area contributed by atoms with Crippen LogP contribution in [-0.4, -0.2) is 23.4 Å². The second-order valence-electron chi connectivity index (χ2n) is 5.55. The summed E-state index contributed by atoms with van der Waals surface area (Å²) in [6.07, 6.45) is 1.66. The van der Waals surface area contributed by atoms with Crippen molar-refractivity contribution in [3.8, 4) is 17.6 Å². The third-order valence-electron chi connectivity index (χ3n) is 3.74. The molecule has 0 unspecified atom stereocenters. The molecule has 1 aliphatic rings. The lowest BCUT2D eigenvalue weighted by Gasteiger charge is -2.14. The number of amides is 1. The van der Waals surface area contributed by atoms with Crippen LogP contribution >= 0.6 is 24.0 Å². The molecule has 2 aromatic rings. The van der Waals surface area contributed by atoms with Gasteiger partial charge in [0.1, 0.15) is 11.9 Å². The Balaban J connectivity index is 1.90. The summed E-state index contributed by atoms with van der Waals surface area (Å²) in [5.74, 6) is 0.0103. The van der Waals surface area contributed by atoms with E-state index in [0.717, 1.165) is 11.8 Å². The fraction of sp³-hybridized carbons (Fsp3) is 0.150. The van der Waals surface area contributed by atoms with Crippen LogP contribution in [-0.2, 0) is 4.79 Å². The van der Waals surface area contributed by atoms with E-state index in [-0.39, 0.29) is 22.5 Å². The number of carbonyl (C=O) groups is 1. The molecule has 0 radical (unpaired) electrons. The Hall–Kier alpha value is -2.89. The molecule has 0 aromatic heterocycles. The van der Waals surface area contributed by atoms with Crippen LogP contribution in [0.5, 0.6) is 11.5 Å². The van der Waals surface area contributed by atoms with Gasteiger partial charge in [0, 0.05) is 0 Å². The van der Waals surface area contributed by atoms with E-state index in [0.29, 0.717) is 28.6 Å². The Morgan fingerprint density at radius 2 is 2.04 bits per heavy atom. The Labute approximate surface area is 171 Å². The summed E-state index contributed by atoms with van der Waals surface area (Å²) < 4.78 is 25.2. The minimum absolute atomic E-state index is 0.0965. The maximum absolute atomic E-state index is 14.1. The molecule has 8 heteroatoms. The van der Waals surface area contributed by atoms with Gasteiger partial charge in [-0.3, -0.25) is 9.69 Å². The highest BCUT2D eigenvalue weighted by Gasteiger charge is 2.34. The lowest BCUT2D eigenvalue weighted by atomic mass is 10.1. The number of para-hydroxylation sites is 1. The Bertz CT molecular complexity index is 1000. The number of hydrogen-bond donors (Lipinski definition) is 0. The number of thioether (sulfide) groups is 1. The zero-order valence-corrected chi connectivity index (χ0v) is 16.5. The first-order chi connectivity index (χ1) is 13.5. The third kappa shape index (κ3) is 4.16. The number of hydrogen-bond acceptors (Lipinski definition) is 6. The van der Waals surface area contributed by atoms with Crippen LogP contribution in [0.2, 0.25) is 0 Å². The summed E-state index contributed by atoms with van der Waals surface area (Å²) in [6, 6.07) is 13.0. The summed E-state index contributed by atoms with van der Waals surface area (Å²) in [7, 11) is 0. The second-order valence-corrected chi connectivity index (χ2v) is 7.23. The quantitative estimate of drug-likeness (QED) is 0.511. The molecule has 0 aliphatic carbocycles. The minimum Gasteiger partial charge on any atom is -0.490 e. The first kappa shape index (κ1) is 19.9.